The van der Waals surface area contributed by atoms with Crippen molar-refractivity contribution in [2.24, 2.45) is 0 Å². The van der Waals surface area contributed by atoms with Crippen LogP contribution in [0, 0.1) is 5.82 Å². The number of phenols is 1. The molecule has 6 nitrogen and oxygen atoms in total. The van der Waals surface area contributed by atoms with E-state index in [0.29, 0.717) is 11.5 Å². The fraction of sp³-hybridized carbons (Fsp3) is 0.235. The van der Waals surface area contributed by atoms with Crippen LogP contribution >= 0.6 is 0 Å². The highest BCUT2D eigenvalue weighted by Crippen LogP contribution is 2.29. The van der Waals surface area contributed by atoms with Crippen LogP contribution in [0.15, 0.2) is 30.3 Å². The van der Waals surface area contributed by atoms with E-state index in [2.05, 4.69) is 10.1 Å². The number of halogens is 1. The summed E-state index contributed by atoms with van der Waals surface area (Å²) in [7, 11) is 4.22. The first-order valence-corrected chi connectivity index (χ1v) is 7.05. The Morgan fingerprint density at radius 1 is 1.17 bits per heavy atom. The second-order valence-corrected chi connectivity index (χ2v) is 4.87. The Morgan fingerprint density at radius 3 is 2.54 bits per heavy atom. The molecule has 128 valence electrons. The third kappa shape index (κ3) is 3.68. The molecule has 0 heterocycles. The van der Waals surface area contributed by atoms with Gasteiger partial charge in [0.15, 0.2) is 0 Å². The number of ether oxygens (including phenoxy) is 3. The lowest BCUT2D eigenvalue weighted by atomic mass is 10.1. The van der Waals surface area contributed by atoms with Crippen LogP contribution in [0.3, 0.4) is 0 Å². The lowest BCUT2D eigenvalue weighted by molar-refractivity contribution is 0.0596. The van der Waals surface area contributed by atoms with Crippen molar-refractivity contribution < 1.29 is 28.5 Å². The molecular formula is C17H18FNO5. The van der Waals surface area contributed by atoms with Gasteiger partial charge in [-0.1, -0.05) is 0 Å². The number of hydrogen-bond donors (Lipinski definition) is 2. The molecule has 2 rings (SSSR count). The number of esters is 1. The molecule has 24 heavy (non-hydrogen) atoms. The number of carbonyl (C=O) groups is 1. The van der Waals surface area contributed by atoms with Gasteiger partial charge >= 0.3 is 5.97 Å². The van der Waals surface area contributed by atoms with Gasteiger partial charge in [-0.05, 0) is 12.1 Å². The highest BCUT2D eigenvalue weighted by molar-refractivity contribution is 5.96. The zero-order valence-electron chi connectivity index (χ0n) is 13.6. The number of aromatic hydroxyl groups is 1. The molecule has 7 heteroatoms. The number of benzene rings is 2. The van der Waals surface area contributed by atoms with Gasteiger partial charge in [0.25, 0.3) is 0 Å². The third-order valence-corrected chi connectivity index (χ3v) is 3.43. The maximum Gasteiger partial charge on any atom is 0.342 e. The van der Waals surface area contributed by atoms with E-state index in [4.69, 9.17) is 9.47 Å². The molecule has 0 aliphatic heterocycles. The minimum atomic E-state index is -0.869. The van der Waals surface area contributed by atoms with Gasteiger partial charge in [-0.15, -0.1) is 0 Å². The Labute approximate surface area is 138 Å². The first-order chi connectivity index (χ1) is 11.5. The van der Waals surface area contributed by atoms with Crippen molar-refractivity contribution in [1.29, 1.82) is 0 Å². The van der Waals surface area contributed by atoms with Crippen LogP contribution in [0.5, 0.6) is 17.2 Å². The molecule has 2 N–H and O–H groups in total. The van der Waals surface area contributed by atoms with E-state index < -0.39 is 11.8 Å². The molecule has 0 radical (unpaired) electrons. The molecule has 0 unspecified atom stereocenters. The highest BCUT2D eigenvalue weighted by Gasteiger charge is 2.19. The Hall–Kier alpha value is -2.96. The number of rotatable bonds is 6. The monoisotopic (exact) mass is 335 g/mol. The first kappa shape index (κ1) is 17.4. The van der Waals surface area contributed by atoms with Crippen molar-refractivity contribution in [3.05, 3.63) is 47.3 Å². The van der Waals surface area contributed by atoms with Gasteiger partial charge in [-0.25, -0.2) is 9.18 Å². The van der Waals surface area contributed by atoms with Gasteiger partial charge in [0.1, 0.15) is 28.6 Å². The number of carbonyl (C=O) groups excluding carboxylic acids is 1. The summed E-state index contributed by atoms with van der Waals surface area (Å²) in [5, 5.41) is 12.5. The zero-order chi connectivity index (χ0) is 17.7. The Balaban J connectivity index is 2.31. The number of anilines is 1. The smallest absolute Gasteiger partial charge is 0.342 e. The second-order valence-electron chi connectivity index (χ2n) is 4.87. The normalized spacial score (nSPS) is 10.2. The van der Waals surface area contributed by atoms with E-state index in [-0.39, 0.29) is 23.5 Å². The second kappa shape index (κ2) is 7.54. The van der Waals surface area contributed by atoms with Gasteiger partial charge in [0.2, 0.25) is 0 Å². The van der Waals surface area contributed by atoms with Gasteiger partial charge in [-0.2, -0.15) is 0 Å². The number of methoxy groups -OCH3 is 3. The molecule has 0 aromatic heterocycles. The standard InChI is InChI=1S/C17H18FNO5/c1-22-12-5-4-10(15(8-12)23-2)9-19-14-7-11(20)6-13(18)16(14)17(21)24-3/h4-8,19-20H,9H2,1-3H3. The predicted molar refractivity (Wildman–Crippen MR) is 86.3 cm³/mol. The van der Waals surface area contributed by atoms with E-state index in [1.54, 1.807) is 25.3 Å². The molecule has 0 saturated heterocycles. The van der Waals surface area contributed by atoms with Crippen molar-refractivity contribution in [3.63, 3.8) is 0 Å². The zero-order valence-corrected chi connectivity index (χ0v) is 13.6. The minimum absolute atomic E-state index is 0.122. The number of nitrogens with one attached hydrogen (secondary N) is 1. The van der Waals surface area contributed by atoms with E-state index in [9.17, 15) is 14.3 Å². The maximum absolute atomic E-state index is 14.0. The third-order valence-electron chi connectivity index (χ3n) is 3.43. The molecule has 0 amide bonds. The quantitative estimate of drug-likeness (QED) is 0.791. The van der Waals surface area contributed by atoms with Gasteiger partial charge in [0, 0.05) is 30.3 Å². The topological polar surface area (TPSA) is 77.0 Å². The fourth-order valence-corrected chi connectivity index (χ4v) is 2.23. The fourth-order valence-electron chi connectivity index (χ4n) is 2.23. The Kier molecular flexibility index (Phi) is 5.47. The molecule has 0 aliphatic rings. The van der Waals surface area contributed by atoms with Crippen LogP contribution in [-0.4, -0.2) is 32.4 Å². The molecule has 0 spiro atoms. The summed E-state index contributed by atoms with van der Waals surface area (Å²) in [5.74, 6) is -0.802. The SMILES string of the molecule is COC(=O)c1c(F)cc(O)cc1NCc1ccc(OC)cc1OC. The molecule has 0 bridgehead atoms. The summed E-state index contributed by atoms with van der Waals surface area (Å²) in [6.45, 7) is 0.236. The minimum Gasteiger partial charge on any atom is -0.508 e. The molecule has 0 saturated carbocycles. The molecular weight excluding hydrogens is 317 g/mol. The van der Waals surface area contributed by atoms with Gasteiger partial charge in [0.05, 0.1) is 27.0 Å². The molecule has 0 atom stereocenters. The highest BCUT2D eigenvalue weighted by atomic mass is 19.1. The summed E-state index contributed by atoms with van der Waals surface area (Å²) in [6, 6.07) is 7.35. The van der Waals surface area contributed by atoms with Crippen LogP contribution in [-0.2, 0) is 11.3 Å². The Bertz CT molecular complexity index is 748. The van der Waals surface area contributed by atoms with Crippen LogP contribution in [0.25, 0.3) is 0 Å². The van der Waals surface area contributed by atoms with Gasteiger partial charge in [-0.3, -0.25) is 0 Å². The average molecular weight is 335 g/mol. The molecule has 0 fully saturated rings. The number of hydrogen-bond acceptors (Lipinski definition) is 6. The van der Waals surface area contributed by atoms with Crippen LogP contribution in [0.4, 0.5) is 10.1 Å². The summed E-state index contributed by atoms with van der Waals surface area (Å²) < 4.78 is 29.0. The molecule has 0 aliphatic carbocycles. The predicted octanol–water partition coefficient (Wildman–Crippen LogP) is 2.95. The lowest BCUT2D eigenvalue weighted by Crippen LogP contribution is -2.11. The largest absolute Gasteiger partial charge is 0.508 e. The summed E-state index contributed by atoms with van der Waals surface area (Å²) in [6.07, 6.45) is 0. The lowest BCUT2D eigenvalue weighted by Gasteiger charge is -2.14. The first-order valence-electron chi connectivity index (χ1n) is 7.05. The van der Waals surface area contributed by atoms with Gasteiger partial charge < -0.3 is 24.6 Å². The average Bonchev–Trinajstić information content (AvgIpc) is 2.58. The van der Waals surface area contributed by atoms with Crippen molar-refractivity contribution >= 4 is 11.7 Å². The van der Waals surface area contributed by atoms with E-state index in [0.717, 1.165) is 18.7 Å². The number of phenolic OH excluding ortho intramolecular Hbond substituents is 1. The molecule has 2 aromatic carbocycles. The van der Waals surface area contributed by atoms with Crippen molar-refractivity contribution in [2.75, 3.05) is 26.6 Å². The van der Waals surface area contributed by atoms with Crippen LogP contribution in [0.1, 0.15) is 15.9 Å². The maximum atomic E-state index is 14.0. The van der Waals surface area contributed by atoms with Crippen molar-refractivity contribution in [2.45, 2.75) is 6.54 Å². The summed E-state index contributed by atoms with van der Waals surface area (Å²) in [4.78, 5) is 11.8. The summed E-state index contributed by atoms with van der Waals surface area (Å²) in [5.41, 5.74) is 0.609. The van der Waals surface area contributed by atoms with E-state index >= 15 is 0 Å². The van der Waals surface area contributed by atoms with Crippen molar-refractivity contribution in [1.82, 2.24) is 0 Å². The van der Waals surface area contributed by atoms with E-state index in [1.807, 2.05) is 0 Å². The molecule has 2 aromatic rings. The summed E-state index contributed by atoms with van der Waals surface area (Å²) >= 11 is 0. The van der Waals surface area contributed by atoms with Crippen LogP contribution < -0.4 is 14.8 Å². The van der Waals surface area contributed by atoms with E-state index in [1.165, 1.54) is 13.2 Å². The Morgan fingerprint density at radius 2 is 1.92 bits per heavy atom. The van der Waals surface area contributed by atoms with Crippen molar-refractivity contribution in [3.8, 4) is 17.2 Å². The van der Waals surface area contributed by atoms with Crippen LogP contribution in [0.2, 0.25) is 0 Å².